The predicted molar refractivity (Wildman–Crippen MR) is 115 cm³/mol. The fourth-order valence-corrected chi connectivity index (χ4v) is 4.39. The number of benzene rings is 2. The van der Waals surface area contributed by atoms with E-state index in [0.717, 1.165) is 29.3 Å². The molecule has 0 aliphatic heterocycles. The third-order valence-electron chi connectivity index (χ3n) is 4.57. The summed E-state index contributed by atoms with van der Waals surface area (Å²) in [6, 6.07) is 11.1. The van der Waals surface area contributed by atoms with Gasteiger partial charge in [-0.2, -0.15) is 18.3 Å². The number of rotatable bonds is 6. The zero-order chi connectivity index (χ0) is 23.5. The Kier molecular flexibility index (Phi) is 7.30. The molecule has 0 aliphatic carbocycles. The van der Waals surface area contributed by atoms with Gasteiger partial charge in [-0.3, -0.25) is 4.79 Å². The van der Waals surface area contributed by atoms with Crippen molar-refractivity contribution in [3.05, 3.63) is 81.5 Å². The quantitative estimate of drug-likeness (QED) is 0.543. The van der Waals surface area contributed by atoms with Crippen LogP contribution in [0.2, 0.25) is 5.02 Å². The van der Waals surface area contributed by atoms with E-state index in [0.29, 0.717) is 17.1 Å². The molecule has 0 radical (unpaired) electrons. The van der Waals surface area contributed by atoms with E-state index in [2.05, 4.69) is 15.5 Å². The van der Waals surface area contributed by atoms with Crippen molar-refractivity contribution >= 4 is 28.3 Å². The molecule has 1 atom stereocenters. The molecule has 3 rings (SSSR count). The number of nitrogens with zero attached hydrogens (tertiary/aromatic N) is 2. The summed E-state index contributed by atoms with van der Waals surface area (Å²) in [4.78, 5) is 12.7. The zero-order valence-corrected chi connectivity index (χ0v) is 18.7. The lowest BCUT2D eigenvalue weighted by Crippen LogP contribution is -2.27. The molecular weight excluding hydrogens is 463 g/mol. The fourth-order valence-electron chi connectivity index (χ4n) is 2.94. The van der Waals surface area contributed by atoms with Crippen molar-refractivity contribution in [1.29, 1.82) is 0 Å². The minimum absolute atomic E-state index is 0.0109. The van der Waals surface area contributed by atoms with Gasteiger partial charge in [0.1, 0.15) is 10.8 Å². The van der Waals surface area contributed by atoms with Crippen LogP contribution in [0.15, 0.2) is 58.5 Å². The van der Waals surface area contributed by atoms with E-state index in [1.807, 2.05) is 25.1 Å². The first-order valence-electron chi connectivity index (χ1n) is 9.53. The molecule has 2 aromatic carbocycles. The number of hydrogen-bond acceptors (Lipinski definition) is 4. The number of hydrogen-bond donors (Lipinski definition) is 1. The Balaban J connectivity index is 1.81. The lowest BCUT2D eigenvalue weighted by Gasteiger charge is -2.12. The van der Waals surface area contributed by atoms with Crippen LogP contribution in [-0.2, 0) is 23.4 Å². The van der Waals surface area contributed by atoms with Crippen molar-refractivity contribution in [3.63, 3.8) is 0 Å². The molecule has 1 heterocycles. The molecule has 1 amide bonds. The largest absolute Gasteiger partial charge is 0.416 e. The molecule has 0 saturated heterocycles. The van der Waals surface area contributed by atoms with E-state index >= 15 is 0 Å². The maximum Gasteiger partial charge on any atom is 0.416 e. The Morgan fingerprint density at radius 3 is 2.53 bits per heavy atom. The van der Waals surface area contributed by atoms with Crippen LogP contribution in [-0.4, -0.2) is 26.9 Å². The molecule has 0 spiro atoms. The van der Waals surface area contributed by atoms with Gasteiger partial charge in [0.15, 0.2) is 5.03 Å². The topological polar surface area (TPSA) is 72.0 Å². The maximum absolute atomic E-state index is 13.0. The number of nitrogens with one attached hydrogen (secondary N) is 1. The van der Waals surface area contributed by atoms with Gasteiger partial charge in [0.05, 0.1) is 16.8 Å². The summed E-state index contributed by atoms with van der Waals surface area (Å²) in [6.45, 7) is 3.77. The van der Waals surface area contributed by atoms with Crippen LogP contribution in [0.3, 0.4) is 0 Å². The van der Waals surface area contributed by atoms with Gasteiger partial charge >= 0.3 is 6.18 Å². The van der Waals surface area contributed by atoms with Crippen LogP contribution in [0.25, 0.3) is 0 Å². The Labute approximate surface area is 190 Å². The maximum atomic E-state index is 13.0. The summed E-state index contributed by atoms with van der Waals surface area (Å²) in [5, 5.41) is 10.8. The Morgan fingerprint density at radius 1 is 1.09 bits per heavy atom. The van der Waals surface area contributed by atoms with Gasteiger partial charge in [0.2, 0.25) is 0 Å². The Hall–Kier alpha value is -2.78. The number of aromatic nitrogens is 2. The normalized spacial score (nSPS) is 12.4. The molecule has 5 nitrogen and oxygen atoms in total. The highest BCUT2D eigenvalue weighted by atomic mass is 35.5. The molecule has 1 N–H and O–H groups in total. The third-order valence-corrected chi connectivity index (χ3v) is 6.25. The van der Waals surface area contributed by atoms with Gasteiger partial charge in [-0.15, -0.1) is 5.10 Å². The first-order valence-corrected chi connectivity index (χ1v) is 11.1. The van der Waals surface area contributed by atoms with Crippen molar-refractivity contribution in [2.75, 3.05) is 6.54 Å². The van der Waals surface area contributed by atoms with E-state index in [9.17, 15) is 22.2 Å². The number of carbonyl (C=O) groups excluding carboxylic acids is 1. The summed E-state index contributed by atoms with van der Waals surface area (Å²) < 4.78 is 52.0. The van der Waals surface area contributed by atoms with Gasteiger partial charge in [-0.05, 0) is 61.7 Å². The molecule has 0 bridgehead atoms. The average molecular weight is 482 g/mol. The number of alkyl halides is 3. The average Bonchev–Trinajstić information content (AvgIpc) is 2.74. The summed E-state index contributed by atoms with van der Waals surface area (Å²) in [6.07, 6.45) is -4.12. The highest BCUT2D eigenvalue weighted by molar-refractivity contribution is 7.85. The first-order chi connectivity index (χ1) is 15.1. The van der Waals surface area contributed by atoms with Gasteiger partial charge < -0.3 is 5.32 Å². The fraction of sp³-hybridized carbons (Fsp3) is 0.227. The van der Waals surface area contributed by atoms with E-state index in [-0.39, 0.29) is 22.0 Å². The van der Waals surface area contributed by atoms with E-state index in [4.69, 9.17) is 11.6 Å². The second kappa shape index (κ2) is 9.79. The smallest absolute Gasteiger partial charge is 0.352 e. The highest BCUT2D eigenvalue weighted by Gasteiger charge is 2.31. The third kappa shape index (κ3) is 5.72. The van der Waals surface area contributed by atoms with E-state index in [1.54, 1.807) is 6.92 Å². The Morgan fingerprint density at radius 2 is 1.84 bits per heavy atom. The summed E-state index contributed by atoms with van der Waals surface area (Å²) in [5.41, 5.74) is 1.33. The Bertz CT molecular complexity index is 1190. The molecule has 32 heavy (non-hydrogen) atoms. The standard InChI is InChI=1S/C22H19ClF3N3O2S/c1-13-6-7-15(19(23)10-13)8-9-27-20(30)18-11-14(2)28-29-21(18)32(31)17-5-3-4-16(12-17)22(24,25)26/h3-7,10-12H,8-9H2,1-2H3,(H,27,30)/t32-/m1/s1. The molecule has 0 fully saturated rings. The molecule has 0 unspecified atom stereocenters. The van der Waals surface area contributed by atoms with E-state index < -0.39 is 28.4 Å². The molecule has 10 heteroatoms. The number of aryl methyl sites for hydroxylation is 2. The molecule has 0 saturated carbocycles. The number of amides is 1. The van der Waals surface area contributed by atoms with Gasteiger partial charge in [0, 0.05) is 16.5 Å². The highest BCUT2D eigenvalue weighted by Crippen LogP contribution is 2.31. The van der Waals surface area contributed by atoms with Gasteiger partial charge in [0.25, 0.3) is 5.91 Å². The lowest BCUT2D eigenvalue weighted by atomic mass is 10.1. The van der Waals surface area contributed by atoms with Gasteiger partial charge in [-0.1, -0.05) is 29.8 Å². The summed E-state index contributed by atoms with van der Waals surface area (Å²) in [5.74, 6) is -0.554. The van der Waals surface area contributed by atoms with Gasteiger partial charge in [-0.25, -0.2) is 4.21 Å². The van der Waals surface area contributed by atoms with Crippen LogP contribution in [0.5, 0.6) is 0 Å². The second-order valence-corrected chi connectivity index (χ2v) is 8.90. The minimum atomic E-state index is -4.59. The SMILES string of the molecule is Cc1ccc(CCNC(=O)c2cc(C)nnc2[S@](=O)c2cccc(C(F)(F)F)c2)c(Cl)c1. The minimum Gasteiger partial charge on any atom is -0.352 e. The number of carbonyl (C=O) groups is 1. The molecule has 3 aromatic rings. The van der Waals surface area contributed by atoms with E-state index in [1.165, 1.54) is 12.1 Å². The van der Waals surface area contributed by atoms with Crippen LogP contribution in [0, 0.1) is 13.8 Å². The van der Waals surface area contributed by atoms with Crippen LogP contribution in [0.4, 0.5) is 13.2 Å². The second-order valence-electron chi connectivity index (χ2n) is 7.10. The zero-order valence-electron chi connectivity index (χ0n) is 17.2. The monoisotopic (exact) mass is 481 g/mol. The molecule has 0 aliphatic rings. The first kappa shape index (κ1) is 23.9. The molecular formula is C22H19ClF3N3O2S. The van der Waals surface area contributed by atoms with Crippen LogP contribution < -0.4 is 5.32 Å². The van der Waals surface area contributed by atoms with Crippen molar-refractivity contribution < 1.29 is 22.2 Å². The van der Waals surface area contributed by atoms with Crippen molar-refractivity contribution in [2.45, 2.75) is 36.4 Å². The van der Waals surface area contributed by atoms with Crippen molar-refractivity contribution in [3.8, 4) is 0 Å². The molecule has 168 valence electrons. The number of halogens is 4. The van der Waals surface area contributed by atoms with Crippen LogP contribution in [0.1, 0.15) is 32.7 Å². The molecule has 1 aromatic heterocycles. The van der Waals surface area contributed by atoms with Crippen molar-refractivity contribution in [1.82, 2.24) is 15.5 Å². The lowest BCUT2D eigenvalue weighted by molar-refractivity contribution is -0.137. The summed E-state index contributed by atoms with van der Waals surface area (Å²) in [7, 11) is -2.14. The van der Waals surface area contributed by atoms with Crippen LogP contribution >= 0.6 is 11.6 Å². The summed E-state index contributed by atoms with van der Waals surface area (Å²) >= 11 is 6.21. The predicted octanol–water partition coefficient (Wildman–Crippen LogP) is 4.90. The van der Waals surface area contributed by atoms with Crippen molar-refractivity contribution in [2.24, 2.45) is 0 Å².